The topological polar surface area (TPSA) is 98.6 Å². The molecule has 1 saturated carbocycles. The van der Waals surface area contributed by atoms with E-state index in [-0.39, 0.29) is 17.9 Å². The van der Waals surface area contributed by atoms with Crippen LogP contribution >= 0.6 is 0 Å². The van der Waals surface area contributed by atoms with Crippen LogP contribution in [0.3, 0.4) is 0 Å². The van der Waals surface area contributed by atoms with Gasteiger partial charge >= 0.3 is 0 Å². The van der Waals surface area contributed by atoms with E-state index in [1.165, 1.54) is 26.1 Å². The van der Waals surface area contributed by atoms with Crippen LogP contribution in [0.2, 0.25) is 0 Å². The highest BCUT2D eigenvalue weighted by molar-refractivity contribution is 6.04. The second-order valence-electron chi connectivity index (χ2n) is 9.28. The first-order valence-electron chi connectivity index (χ1n) is 11.7. The lowest BCUT2D eigenvalue weighted by Gasteiger charge is -2.40. The third-order valence-electron chi connectivity index (χ3n) is 6.69. The molecular weight excluding hydrogens is 430 g/mol. The Bertz CT molecular complexity index is 1100. The maximum absolute atomic E-state index is 12.8. The number of carbonyl (C=O) groups is 2. The number of amides is 2. The van der Waals surface area contributed by atoms with Crippen molar-refractivity contribution in [3.05, 3.63) is 52.7 Å². The molecule has 2 aliphatic rings. The molecule has 2 aromatic rings. The number of benzene rings is 1. The number of nitrogens with zero attached hydrogens (tertiary/aromatic N) is 4. The maximum atomic E-state index is 12.8. The number of carbonyl (C=O) groups excluding carboxylic acids is 2. The first-order chi connectivity index (χ1) is 16.4. The second-order valence-corrected chi connectivity index (χ2v) is 9.28. The van der Waals surface area contributed by atoms with E-state index in [9.17, 15) is 14.9 Å². The Kier molecular flexibility index (Phi) is 7.13. The summed E-state index contributed by atoms with van der Waals surface area (Å²) in [6.07, 6.45) is 4.51. The highest BCUT2D eigenvalue weighted by Gasteiger charge is 2.32. The summed E-state index contributed by atoms with van der Waals surface area (Å²) < 4.78 is 5.05. The van der Waals surface area contributed by atoms with Crippen LogP contribution in [0.5, 0.6) is 5.88 Å². The number of rotatable bonds is 7. The van der Waals surface area contributed by atoms with Crippen LogP contribution in [0.15, 0.2) is 30.5 Å². The molecule has 0 unspecified atom stereocenters. The van der Waals surface area contributed by atoms with Crippen molar-refractivity contribution in [1.82, 2.24) is 14.8 Å². The van der Waals surface area contributed by atoms with Crippen molar-refractivity contribution < 1.29 is 14.3 Å². The molecule has 0 spiro atoms. The molecule has 1 saturated heterocycles. The van der Waals surface area contributed by atoms with Gasteiger partial charge in [-0.05, 0) is 61.9 Å². The van der Waals surface area contributed by atoms with E-state index in [2.05, 4.69) is 28.2 Å². The van der Waals surface area contributed by atoms with Gasteiger partial charge in [-0.3, -0.25) is 14.5 Å². The fourth-order valence-electron chi connectivity index (χ4n) is 4.44. The van der Waals surface area contributed by atoms with Gasteiger partial charge in [0.05, 0.1) is 24.3 Å². The summed E-state index contributed by atoms with van der Waals surface area (Å²) in [7, 11) is 1.52. The molecule has 1 aliphatic carbocycles. The van der Waals surface area contributed by atoms with Gasteiger partial charge in [0.15, 0.2) is 0 Å². The first kappa shape index (κ1) is 23.7. The van der Waals surface area contributed by atoms with Gasteiger partial charge < -0.3 is 15.0 Å². The molecule has 1 atom stereocenters. The zero-order chi connectivity index (χ0) is 24.2. The van der Waals surface area contributed by atoms with Crippen molar-refractivity contribution in [2.24, 2.45) is 5.92 Å². The zero-order valence-corrected chi connectivity index (χ0v) is 20.0. The second kappa shape index (κ2) is 10.2. The molecular formula is C26H31N5O3. The Balaban J connectivity index is 1.45. The summed E-state index contributed by atoms with van der Waals surface area (Å²) in [4.78, 5) is 33.8. The fraction of sp³-hybridized carbons (Fsp3) is 0.462. The van der Waals surface area contributed by atoms with Crippen LogP contribution in [0, 0.1) is 24.2 Å². The van der Waals surface area contributed by atoms with Crippen molar-refractivity contribution in [2.45, 2.75) is 45.7 Å². The van der Waals surface area contributed by atoms with Crippen molar-refractivity contribution in [2.75, 3.05) is 32.1 Å². The third kappa shape index (κ3) is 5.54. The van der Waals surface area contributed by atoms with E-state index < -0.39 is 0 Å². The molecule has 0 bridgehead atoms. The summed E-state index contributed by atoms with van der Waals surface area (Å²) in [6, 6.07) is 9.22. The summed E-state index contributed by atoms with van der Waals surface area (Å²) in [6.45, 7) is 7.00. The van der Waals surface area contributed by atoms with E-state index in [0.717, 1.165) is 30.8 Å². The van der Waals surface area contributed by atoms with Crippen molar-refractivity contribution in [3.63, 3.8) is 0 Å². The zero-order valence-electron chi connectivity index (χ0n) is 20.0. The molecule has 1 aromatic carbocycles. The van der Waals surface area contributed by atoms with Gasteiger partial charge in [0.1, 0.15) is 0 Å². The van der Waals surface area contributed by atoms with Crippen LogP contribution in [0.1, 0.15) is 53.2 Å². The standard InChI is InChI=1S/C26H31N5O3/c1-17-15-30(8-9-31(17)25(32)12-19-4-5-19)16-22-10-20(13-27)11-23(18(22)2)29-26(33)21-6-7-24(34-3)28-14-21/h6-7,10-11,14,17,19H,4-5,8-9,12,15-16H2,1-3H3,(H,29,33)/t17-/m0/s1. The molecule has 1 aromatic heterocycles. The Morgan fingerprint density at radius 3 is 2.68 bits per heavy atom. The molecule has 34 heavy (non-hydrogen) atoms. The predicted octanol–water partition coefficient (Wildman–Crippen LogP) is 3.36. The quantitative estimate of drug-likeness (QED) is 0.679. The lowest BCUT2D eigenvalue weighted by atomic mass is 10.0. The van der Waals surface area contributed by atoms with Gasteiger partial charge in [0, 0.05) is 56.6 Å². The summed E-state index contributed by atoms with van der Waals surface area (Å²) in [5, 5.41) is 12.5. The van der Waals surface area contributed by atoms with E-state index in [1.807, 2.05) is 17.9 Å². The highest BCUT2D eigenvalue weighted by atomic mass is 16.5. The molecule has 4 rings (SSSR count). The van der Waals surface area contributed by atoms with Crippen molar-refractivity contribution >= 4 is 17.5 Å². The smallest absolute Gasteiger partial charge is 0.257 e. The minimum atomic E-state index is -0.296. The van der Waals surface area contributed by atoms with Gasteiger partial charge in [-0.2, -0.15) is 5.26 Å². The van der Waals surface area contributed by atoms with Crippen LogP contribution in [-0.4, -0.2) is 59.4 Å². The molecule has 8 heteroatoms. The number of ether oxygens (including phenoxy) is 1. The van der Waals surface area contributed by atoms with Gasteiger partial charge in [0.25, 0.3) is 5.91 Å². The molecule has 8 nitrogen and oxygen atoms in total. The van der Waals surface area contributed by atoms with Gasteiger partial charge in [-0.25, -0.2) is 4.98 Å². The highest BCUT2D eigenvalue weighted by Crippen LogP contribution is 2.33. The molecule has 2 fully saturated rings. The lowest BCUT2D eigenvalue weighted by Crippen LogP contribution is -2.53. The average molecular weight is 462 g/mol. The average Bonchev–Trinajstić information content (AvgIpc) is 3.65. The molecule has 178 valence electrons. The van der Waals surface area contributed by atoms with Crippen LogP contribution in [-0.2, 0) is 11.3 Å². The largest absolute Gasteiger partial charge is 0.481 e. The monoisotopic (exact) mass is 461 g/mol. The maximum Gasteiger partial charge on any atom is 0.257 e. The number of methoxy groups -OCH3 is 1. The summed E-state index contributed by atoms with van der Waals surface area (Å²) in [5.74, 6) is 1.01. The molecule has 0 radical (unpaired) electrons. The molecule has 2 amide bonds. The summed E-state index contributed by atoms with van der Waals surface area (Å²) >= 11 is 0. The Labute approximate surface area is 200 Å². The minimum Gasteiger partial charge on any atom is -0.481 e. The number of piperazine rings is 1. The van der Waals surface area contributed by atoms with Crippen LogP contribution in [0.4, 0.5) is 5.69 Å². The number of aromatic nitrogens is 1. The van der Waals surface area contributed by atoms with Crippen molar-refractivity contribution in [1.29, 1.82) is 5.26 Å². The van der Waals surface area contributed by atoms with E-state index in [0.29, 0.717) is 41.6 Å². The summed E-state index contributed by atoms with van der Waals surface area (Å²) in [5.41, 5.74) is 3.43. The van der Waals surface area contributed by atoms with Gasteiger partial charge in [0.2, 0.25) is 11.8 Å². The predicted molar refractivity (Wildman–Crippen MR) is 128 cm³/mol. The number of hydrogen-bond donors (Lipinski definition) is 1. The van der Waals surface area contributed by atoms with E-state index in [1.54, 1.807) is 18.2 Å². The molecule has 2 heterocycles. The number of anilines is 1. The number of nitriles is 1. The van der Waals surface area contributed by atoms with E-state index in [4.69, 9.17) is 4.74 Å². The Morgan fingerprint density at radius 2 is 2.06 bits per heavy atom. The Hall–Kier alpha value is -3.44. The van der Waals surface area contributed by atoms with E-state index >= 15 is 0 Å². The fourth-order valence-corrected chi connectivity index (χ4v) is 4.44. The Morgan fingerprint density at radius 1 is 1.26 bits per heavy atom. The number of hydrogen-bond acceptors (Lipinski definition) is 6. The third-order valence-corrected chi connectivity index (χ3v) is 6.69. The number of pyridine rings is 1. The van der Waals surface area contributed by atoms with Gasteiger partial charge in [-0.15, -0.1) is 0 Å². The van der Waals surface area contributed by atoms with Crippen LogP contribution in [0.25, 0.3) is 0 Å². The molecule has 1 N–H and O–H groups in total. The lowest BCUT2D eigenvalue weighted by molar-refractivity contribution is -0.136. The van der Waals surface area contributed by atoms with Gasteiger partial charge in [-0.1, -0.05) is 0 Å². The normalized spacial score (nSPS) is 18.3. The molecule has 1 aliphatic heterocycles. The van der Waals surface area contributed by atoms with Crippen LogP contribution < -0.4 is 10.1 Å². The van der Waals surface area contributed by atoms with Crippen molar-refractivity contribution in [3.8, 4) is 11.9 Å². The minimum absolute atomic E-state index is 0.154. The SMILES string of the molecule is COc1ccc(C(=O)Nc2cc(C#N)cc(CN3CCN(C(=O)CC4CC4)[C@@H](C)C3)c2C)cn1. The first-order valence-corrected chi connectivity index (χ1v) is 11.7. The number of nitrogens with one attached hydrogen (secondary N) is 1.